The van der Waals surface area contributed by atoms with Gasteiger partial charge in [-0.2, -0.15) is 0 Å². The molecule has 36 heavy (non-hydrogen) atoms. The number of nitrogens with zero attached hydrogens (tertiary/aromatic N) is 1. The Labute approximate surface area is 214 Å². The molecule has 0 bridgehead atoms. The maximum atomic E-state index is 12.3. The molecule has 0 heterocycles. The van der Waals surface area contributed by atoms with Crippen LogP contribution in [0.4, 0.5) is 5.69 Å². The summed E-state index contributed by atoms with van der Waals surface area (Å²) in [5.41, 5.74) is 2.23. The molecule has 0 unspecified atom stereocenters. The lowest BCUT2D eigenvalue weighted by molar-refractivity contribution is -0.168. The van der Waals surface area contributed by atoms with Crippen LogP contribution in [0.1, 0.15) is 38.3 Å². The van der Waals surface area contributed by atoms with E-state index in [0.717, 1.165) is 12.1 Å². The van der Waals surface area contributed by atoms with Crippen molar-refractivity contribution in [2.24, 2.45) is 5.92 Å². The largest absolute Gasteiger partial charge is 0.508 e. The lowest BCUT2D eigenvalue weighted by Crippen LogP contribution is -2.44. The number of carbonyl (C=O) groups excluding carboxylic acids is 2. The summed E-state index contributed by atoms with van der Waals surface area (Å²) < 4.78 is 6.17. The van der Waals surface area contributed by atoms with Gasteiger partial charge in [-0.3, -0.25) is 9.59 Å². The van der Waals surface area contributed by atoms with Gasteiger partial charge in [-0.25, -0.2) is 0 Å². The van der Waals surface area contributed by atoms with Crippen molar-refractivity contribution in [2.45, 2.75) is 39.2 Å². The van der Waals surface area contributed by atoms with Gasteiger partial charge in [0, 0.05) is 37.9 Å². The van der Waals surface area contributed by atoms with Gasteiger partial charge in [0.1, 0.15) is 11.4 Å². The highest BCUT2D eigenvalue weighted by Gasteiger charge is 2.42. The van der Waals surface area contributed by atoms with E-state index in [2.05, 4.69) is 55.5 Å². The fourth-order valence-electron chi connectivity index (χ4n) is 4.09. The average molecular weight is 491 g/mol. The second-order valence-electron chi connectivity index (χ2n) is 9.14. The molecule has 0 aliphatic rings. The van der Waals surface area contributed by atoms with Crippen molar-refractivity contribution in [2.75, 3.05) is 26.0 Å². The van der Waals surface area contributed by atoms with E-state index in [9.17, 15) is 9.59 Å². The summed E-state index contributed by atoms with van der Waals surface area (Å²) in [7, 11) is 4.10. The Morgan fingerprint density at radius 2 is 1.50 bits per heavy atom. The van der Waals surface area contributed by atoms with E-state index in [0.29, 0.717) is 18.5 Å². The van der Waals surface area contributed by atoms with E-state index < -0.39 is 5.60 Å². The minimum Gasteiger partial charge on any atom is -0.508 e. The van der Waals surface area contributed by atoms with Crippen LogP contribution >= 0.6 is 0 Å². The summed E-state index contributed by atoms with van der Waals surface area (Å²) in [5.74, 6) is 0.0563. The zero-order chi connectivity index (χ0) is 26.6. The number of rotatable bonds is 9. The molecule has 3 aromatic carbocycles. The highest BCUT2D eigenvalue weighted by Crippen LogP contribution is 2.38. The Morgan fingerprint density at radius 1 is 0.944 bits per heavy atom. The number of esters is 1. The molecular weight excluding hydrogens is 452 g/mol. The SMILES string of the molecule is CC(=O)Nc1ccc(O)cc1.CCC(=O)O[C@](Cc1ccccc1)(c1ccccc1)[C@H](C)CN(C)C. The normalized spacial score (nSPS) is 13.1. The van der Waals surface area contributed by atoms with Crippen molar-refractivity contribution in [3.8, 4) is 5.75 Å². The zero-order valence-electron chi connectivity index (χ0n) is 21.9. The Hall–Kier alpha value is -3.64. The summed E-state index contributed by atoms with van der Waals surface area (Å²) in [4.78, 5) is 25.0. The highest BCUT2D eigenvalue weighted by atomic mass is 16.6. The van der Waals surface area contributed by atoms with Crippen LogP contribution in [0.5, 0.6) is 5.75 Å². The van der Waals surface area contributed by atoms with E-state index in [-0.39, 0.29) is 23.5 Å². The molecule has 0 saturated carbocycles. The van der Waals surface area contributed by atoms with E-state index in [1.807, 2.05) is 43.3 Å². The third-order valence-corrected chi connectivity index (χ3v) is 5.78. The van der Waals surface area contributed by atoms with Crippen molar-refractivity contribution in [3.05, 3.63) is 96.1 Å². The van der Waals surface area contributed by atoms with Crippen LogP contribution in [0.25, 0.3) is 0 Å². The Kier molecular flexibility index (Phi) is 11.2. The summed E-state index contributed by atoms with van der Waals surface area (Å²) in [6, 6.07) is 26.7. The second kappa shape index (κ2) is 14.0. The summed E-state index contributed by atoms with van der Waals surface area (Å²) >= 11 is 0. The van der Waals surface area contributed by atoms with Gasteiger partial charge in [-0.15, -0.1) is 0 Å². The van der Waals surface area contributed by atoms with Gasteiger partial charge >= 0.3 is 5.97 Å². The first kappa shape index (κ1) is 28.6. The van der Waals surface area contributed by atoms with Gasteiger partial charge < -0.3 is 20.1 Å². The molecule has 0 radical (unpaired) electrons. The first-order valence-corrected chi connectivity index (χ1v) is 12.2. The predicted octanol–water partition coefficient (Wildman–Crippen LogP) is 5.63. The second-order valence-corrected chi connectivity index (χ2v) is 9.14. The van der Waals surface area contributed by atoms with Crippen LogP contribution in [-0.2, 0) is 26.3 Å². The lowest BCUT2D eigenvalue weighted by Gasteiger charge is -2.40. The molecular formula is C30H38N2O4. The van der Waals surface area contributed by atoms with Crippen LogP contribution in [0.15, 0.2) is 84.9 Å². The minimum absolute atomic E-state index is 0.115. The number of anilines is 1. The van der Waals surface area contributed by atoms with Gasteiger partial charge in [-0.05, 0) is 49.5 Å². The maximum absolute atomic E-state index is 12.3. The van der Waals surface area contributed by atoms with Crippen LogP contribution in [0.3, 0.4) is 0 Å². The molecule has 6 heteroatoms. The molecule has 0 aromatic heterocycles. The quantitative estimate of drug-likeness (QED) is 0.300. The van der Waals surface area contributed by atoms with Crippen molar-refractivity contribution < 1.29 is 19.4 Å². The van der Waals surface area contributed by atoms with E-state index >= 15 is 0 Å². The number of aromatic hydroxyl groups is 1. The third-order valence-electron chi connectivity index (χ3n) is 5.78. The topological polar surface area (TPSA) is 78.9 Å². The molecule has 0 aliphatic heterocycles. The van der Waals surface area contributed by atoms with E-state index in [1.165, 1.54) is 24.6 Å². The summed E-state index contributed by atoms with van der Waals surface area (Å²) in [5, 5.41) is 11.5. The Bertz CT molecular complexity index is 1070. The Balaban J connectivity index is 0.000000346. The van der Waals surface area contributed by atoms with Gasteiger partial charge in [0.25, 0.3) is 0 Å². The fraction of sp³-hybridized carbons (Fsp3) is 0.333. The summed E-state index contributed by atoms with van der Waals surface area (Å²) in [6.07, 6.45) is 1.04. The van der Waals surface area contributed by atoms with E-state index in [4.69, 9.17) is 9.84 Å². The maximum Gasteiger partial charge on any atom is 0.306 e. The van der Waals surface area contributed by atoms with Gasteiger partial charge in [0.15, 0.2) is 0 Å². The Morgan fingerprint density at radius 3 is 2.00 bits per heavy atom. The summed E-state index contributed by atoms with van der Waals surface area (Å²) in [6.45, 7) is 6.28. The molecule has 192 valence electrons. The number of phenols is 1. The van der Waals surface area contributed by atoms with Crippen LogP contribution in [-0.4, -0.2) is 42.5 Å². The van der Waals surface area contributed by atoms with Crippen molar-refractivity contribution in [1.82, 2.24) is 4.90 Å². The monoisotopic (exact) mass is 490 g/mol. The molecule has 0 spiro atoms. The number of ether oxygens (including phenoxy) is 1. The van der Waals surface area contributed by atoms with E-state index in [1.54, 1.807) is 12.1 Å². The number of benzene rings is 3. The van der Waals surface area contributed by atoms with Crippen molar-refractivity contribution in [3.63, 3.8) is 0 Å². The zero-order valence-corrected chi connectivity index (χ0v) is 21.9. The first-order chi connectivity index (χ1) is 17.2. The van der Waals surface area contributed by atoms with Crippen molar-refractivity contribution >= 4 is 17.6 Å². The molecule has 0 fully saturated rings. The van der Waals surface area contributed by atoms with Crippen LogP contribution < -0.4 is 5.32 Å². The predicted molar refractivity (Wildman–Crippen MR) is 145 cm³/mol. The molecule has 2 N–H and O–H groups in total. The number of carbonyl (C=O) groups is 2. The number of hydrogen-bond donors (Lipinski definition) is 2. The molecule has 0 saturated heterocycles. The number of phenolic OH excluding ortho intramolecular Hbond substituents is 1. The first-order valence-electron chi connectivity index (χ1n) is 12.2. The van der Waals surface area contributed by atoms with Crippen LogP contribution in [0.2, 0.25) is 0 Å². The smallest absolute Gasteiger partial charge is 0.306 e. The van der Waals surface area contributed by atoms with Gasteiger partial charge in [0.05, 0.1) is 0 Å². The molecule has 0 aliphatic carbocycles. The molecule has 6 nitrogen and oxygen atoms in total. The molecule has 2 atom stereocenters. The number of hydrogen-bond acceptors (Lipinski definition) is 5. The molecule has 1 amide bonds. The highest BCUT2D eigenvalue weighted by molar-refractivity contribution is 5.88. The third kappa shape index (κ3) is 8.86. The fourth-order valence-corrected chi connectivity index (χ4v) is 4.09. The van der Waals surface area contributed by atoms with Gasteiger partial charge in [-0.1, -0.05) is 74.5 Å². The standard InChI is InChI=1S/C22H29NO2.C8H9NO2/c1-5-21(24)25-22(18(2)17-23(3)4,20-14-10-7-11-15-20)16-19-12-8-6-9-13-19;1-6(10)9-7-2-4-8(11)5-3-7/h6-15,18H,5,16-17H2,1-4H3;2-5,11H,1H3,(H,9,10)/t18-,22+;/m1./s1. The average Bonchev–Trinajstić information content (AvgIpc) is 2.85. The van der Waals surface area contributed by atoms with Gasteiger partial charge in [0.2, 0.25) is 5.91 Å². The molecule has 3 aromatic rings. The minimum atomic E-state index is -0.681. The lowest BCUT2D eigenvalue weighted by atomic mass is 9.77. The molecule has 3 rings (SSSR count). The van der Waals surface area contributed by atoms with Crippen molar-refractivity contribution in [1.29, 1.82) is 0 Å². The number of nitrogens with one attached hydrogen (secondary N) is 1. The van der Waals surface area contributed by atoms with Crippen LogP contribution in [0, 0.1) is 5.92 Å². The number of amides is 1.